The van der Waals surface area contributed by atoms with Crippen LogP contribution in [0.4, 0.5) is 0 Å². The Morgan fingerprint density at radius 3 is 2.65 bits per heavy atom. The van der Waals surface area contributed by atoms with Gasteiger partial charge >= 0.3 is 11.9 Å². The first-order chi connectivity index (χ1) is 12.1. The molecule has 0 spiro atoms. The van der Waals surface area contributed by atoms with Gasteiger partial charge in [-0.1, -0.05) is 20.4 Å². The number of carbonyl (C=O) groups is 3. The third-order valence-electron chi connectivity index (χ3n) is 6.62. The maximum Gasteiger partial charge on any atom is 0.336 e. The lowest BCUT2D eigenvalue weighted by atomic mass is 9.66. The third kappa shape index (κ3) is 2.60. The molecule has 2 N–H and O–H groups in total. The van der Waals surface area contributed by atoms with Crippen molar-refractivity contribution in [3.63, 3.8) is 0 Å². The van der Waals surface area contributed by atoms with Gasteiger partial charge in [0.1, 0.15) is 18.0 Å². The van der Waals surface area contributed by atoms with Gasteiger partial charge in [0.15, 0.2) is 0 Å². The largest absolute Gasteiger partial charge is 0.462 e. The molecule has 0 aromatic heterocycles. The number of ketones is 1. The van der Waals surface area contributed by atoms with Crippen LogP contribution in [0, 0.1) is 29.1 Å². The van der Waals surface area contributed by atoms with Crippen molar-refractivity contribution in [3.05, 3.63) is 12.2 Å². The van der Waals surface area contributed by atoms with E-state index < -0.39 is 54.1 Å². The first-order valence-electron chi connectivity index (χ1n) is 9.04. The Balaban J connectivity index is 2.08. The highest BCUT2D eigenvalue weighted by molar-refractivity contribution is 5.91. The maximum atomic E-state index is 12.9. The minimum atomic E-state index is -1.12. The normalized spacial score (nSPS) is 44.7. The van der Waals surface area contributed by atoms with Crippen LogP contribution in [-0.4, -0.2) is 52.9 Å². The standard InChI is InChI=1S/C19H26O7/c1-8-5-12-14(10(3)18(24)25-12)16(26-17(23)9(2)7-20)19(4)13(22)6-11(21)15(8)19/h8,10-12,14-16,20-21H,2,5-7H2,1,3-4H3/t8-,10+,11-,12-,14-,15-,16+,19-/m1/s1. The molecule has 0 radical (unpaired) electrons. The molecule has 144 valence electrons. The zero-order chi connectivity index (χ0) is 19.4. The number of ether oxygens (including phenoxy) is 2. The van der Waals surface area contributed by atoms with E-state index in [1.807, 2.05) is 6.92 Å². The Kier molecular flexibility index (Phi) is 4.73. The van der Waals surface area contributed by atoms with E-state index in [0.717, 1.165) is 0 Å². The van der Waals surface area contributed by atoms with Crippen LogP contribution >= 0.6 is 0 Å². The molecule has 2 saturated carbocycles. The average Bonchev–Trinajstić information content (AvgIpc) is 2.94. The number of rotatable bonds is 3. The molecule has 1 aliphatic heterocycles. The summed E-state index contributed by atoms with van der Waals surface area (Å²) in [6.45, 7) is 8.27. The summed E-state index contributed by atoms with van der Waals surface area (Å²) < 4.78 is 11.2. The number of carbonyl (C=O) groups excluding carboxylic acids is 3. The molecule has 7 heteroatoms. The fourth-order valence-corrected chi connectivity index (χ4v) is 5.29. The number of aliphatic hydroxyl groups excluding tert-OH is 2. The predicted molar refractivity (Wildman–Crippen MR) is 89.6 cm³/mol. The lowest BCUT2D eigenvalue weighted by Crippen LogP contribution is -2.51. The third-order valence-corrected chi connectivity index (χ3v) is 6.62. The molecule has 0 aromatic carbocycles. The van der Waals surface area contributed by atoms with Crippen LogP contribution in [-0.2, 0) is 23.9 Å². The molecule has 8 atom stereocenters. The topological polar surface area (TPSA) is 110 Å². The van der Waals surface area contributed by atoms with Crippen LogP contribution in [0.3, 0.4) is 0 Å². The van der Waals surface area contributed by atoms with Crippen molar-refractivity contribution >= 4 is 17.7 Å². The molecular formula is C19H26O7. The van der Waals surface area contributed by atoms with Gasteiger partial charge < -0.3 is 19.7 Å². The van der Waals surface area contributed by atoms with Crippen molar-refractivity contribution in [1.82, 2.24) is 0 Å². The van der Waals surface area contributed by atoms with E-state index >= 15 is 0 Å². The van der Waals surface area contributed by atoms with Gasteiger partial charge in [-0.3, -0.25) is 9.59 Å². The molecule has 3 aliphatic rings. The van der Waals surface area contributed by atoms with E-state index in [2.05, 4.69) is 6.58 Å². The quantitative estimate of drug-likeness (QED) is 0.556. The Hall–Kier alpha value is -1.73. The zero-order valence-electron chi connectivity index (χ0n) is 15.3. The average molecular weight is 366 g/mol. The van der Waals surface area contributed by atoms with E-state index in [1.54, 1.807) is 13.8 Å². The van der Waals surface area contributed by atoms with Crippen LogP contribution in [0.2, 0.25) is 0 Å². The maximum absolute atomic E-state index is 12.9. The summed E-state index contributed by atoms with van der Waals surface area (Å²) in [5, 5.41) is 19.7. The Labute approximate surface area is 152 Å². The lowest BCUT2D eigenvalue weighted by Gasteiger charge is -2.40. The molecule has 1 heterocycles. The summed E-state index contributed by atoms with van der Waals surface area (Å²) >= 11 is 0. The molecule has 0 bridgehead atoms. The summed E-state index contributed by atoms with van der Waals surface area (Å²) in [5.41, 5.74) is -1.24. The minimum absolute atomic E-state index is 0.00107. The fraction of sp³-hybridized carbons (Fsp3) is 0.737. The van der Waals surface area contributed by atoms with E-state index in [-0.39, 0.29) is 29.7 Å². The zero-order valence-corrected chi connectivity index (χ0v) is 15.3. The molecule has 3 rings (SSSR count). The summed E-state index contributed by atoms with van der Waals surface area (Å²) in [7, 11) is 0. The molecule has 0 unspecified atom stereocenters. The molecule has 1 saturated heterocycles. The van der Waals surface area contributed by atoms with Gasteiger partial charge in [-0.05, 0) is 19.3 Å². The van der Waals surface area contributed by atoms with E-state index in [1.165, 1.54) is 0 Å². The summed E-state index contributed by atoms with van der Waals surface area (Å²) in [6.07, 6.45) is -1.73. The molecule has 0 amide bonds. The van der Waals surface area contributed by atoms with E-state index in [4.69, 9.17) is 9.47 Å². The first-order valence-corrected chi connectivity index (χ1v) is 9.04. The van der Waals surface area contributed by atoms with Crippen LogP contribution in [0.5, 0.6) is 0 Å². The van der Waals surface area contributed by atoms with Crippen LogP contribution in [0.25, 0.3) is 0 Å². The Morgan fingerprint density at radius 1 is 1.38 bits per heavy atom. The van der Waals surface area contributed by atoms with Gasteiger partial charge in [0.2, 0.25) is 0 Å². The van der Waals surface area contributed by atoms with Crippen molar-refractivity contribution < 1.29 is 34.1 Å². The van der Waals surface area contributed by atoms with Gasteiger partial charge in [-0.2, -0.15) is 0 Å². The Morgan fingerprint density at radius 2 is 2.04 bits per heavy atom. The summed E-state index contributed by atoms with van der Waals surface area (Å²) in [6, 6.07) is 0. The van der Waals surface area contributed by atoms with Gasteiger partial charge in [-0.25, -0.2) is 4.79 Å². The highest BCUT2D eigenvalue weighted by Crippen LogP contribution is 2.56. The number of aliphatic hydroxyl groups is 2. The van der Waals surface area contributed by atoms with Gasteiger partial charge in [0.25, 0.3) is 0 Å². The second-order valence-corrected chi connectivity index (χ2v) is 8.15. The first kappa shape index (κ1) is 19.0. The molecular weight excluding hydrogens is 340 g/mol. The van der Waals surface area contributed by atoms with Crippen molar-refractivity contribution in [2.24, 2.45) is 29.1 Å². The van der Waals surface area contributed by atoms with Crippen LogP contribution < -0.4 is 0 Å². The van der Waals surface area contributed by atoms with Crippen molar-refractivity contribution in [2.45, 2.75) is 51.9 Å². The number of Topliss-reactive ketones (excluding diaryl/α,β-unsaturated/α-hetero) is 1. The predicted octanol–water partition coefficient (Wildman–Crippen LogP) is 0.620. The fourth-order valence-electron chi connectivity index (χ4n) is 5.29. The van der Waals surface area contributed by atoms with Gasteiger partial charge in [-0.15, -0.1) is 0 Å². The van der Waals surface area contributed by atoms with Crippen molar-refractivity contribution in [2.75, 3.05) is 6.61 Å². The minimum Gasteiger partial charge on any atom is -0.462 e. The highest BCUT2D eigenvalue weighted by atomic mass is 16.6. The van der Waals surface area contributed by atoms with E-state index in [0.29, 0.717) is 6.42 Å². The Bertz CT molecular complexity index is 656. The number of hydrogen-bond donors (Lipinski definition) is 2. The van der Waals surface area contributed by atoms with Crippen LogP contribution in [0.15, 0.2) is 12.2 Å². The second kappa shape index (κ2) is 6.46. The molecule has 26 heavy (non-hydrogen) atoms. The molecule has 3 fully saturated rings. The molecule has 2 aliphatic carbocycles. The number of hydrogen-bond acceptors (Lipinski definition) is 7. The van der Waals surface area contributed by atoms with Crippen molar-refractivity contribution in [1.29, 1.82) is 0 Å². The summed E-state index contributed by atoms with van der Waals surface area (Å²) in [4.78, 5) is 37.4. The number of esters is 2. The van der Waals surface area contributed by atoms with Crippen LogP contribution in [0.1, 0.15) is 33.6 Å². The second-order valence-electron chi connectivity index (χ2n) is 8.15. The SMILES string of the molecule is C=C(CO)C(=O)O[C@H]1[C@@H]2[C@H](C)C(=O)O[C@@H]2C[C@@H](C)[C@@H]2[C@H](O)CC(=O)[C@]21C. The van der Waals surface area contributed by atoms with Gasteiger partial charge in [0, 0.05) is 18.3 Å². The van der Waals surface area contributed by atoms with Crippen molar-refractivity contribution in [3.8, 4) is 0 Å². The number of fused-ring (bicyclic) bond motifs is 2. The molecule has 7 nitrogen and oxygen atoms in total. The highest BCUT2D eigenvalue weighted by Gasteiger charge is 2.66. The van der Waals surface area contributed by atoms with E-state index in [9.17, 15) is 24.6 Å². The van der Waals surface area contributed by atoms with Gasteiger partial charge in [0.05, 0.1) is 29.6 Å². The molecule has 0 aromatic rings. The monoisotopic (exact) mass is 366 g/mol. The smallest absolute Gasteiger partial charge is 0.336 e. The summed E-state index contributed by atoms with van der Waals surface area (Å²) in [5.74, 6) is -2.85. The lowest BCUT2D eigenvalue weighted by molar-refractivity contribution is -0.165.